The maximum Gasteiger partial charge on any atom is 0.408 e. The number of carbonyl (C=O) groups excluding carboxylic acids is 3. The number of benzene rings is 3. The summed E-state index contributed by atoms with van der Waals surface area (Å²) < 4.78 is 5.53. The quantitative estimate of drug-likeness (QED) is 0.495. The van der Waals surface area contributed by atoms with Crippen LogP contribution >= 0.6 is 0 Å². The summed E-state index contributed by atoms with van der Waals surface area (Å²) in [5, 5.41) is 4.94. The van der Waals surface area contributed by atoms with Gasteiger partial charge in [-0.15, -0.1) is 0 Å². The third-order valence-electron chi connectivity index (χ3n) is 7.93. The number of ether oxygens (including phenoxy) is 1. The average molecular weight is 572 g/mol. The third kappa shape index (κ3) is 6.58. The number of hydrogen-bond donors (Lipinski definition) is 1. The van der Waals surface area contributed by atoms with Crippen LogP contribution in [0, 0.1) is 6.92 Å². The van der Waals surface area contributed by atoms with E-state index in [1.165, 1.54) is 0 Å². The van der Waals surface area contributed by atoms with Gasteiger partial charge in [0.2, 0.25) is 5.91 Å². The van der Waals surface area contributed by atoms with Crippen LogP contribution in [-0.4, -0.2) is 85.7 Å². The predicted molar refractivity (Wildman–Crippen MR) is 166 cm³/mol. The Labute approximate surface area is 248 Å². The molecule has 3 aromatic rings. The number of nitrogens with zero attached hydrogens (tertiary/aromatic N) is 4. The summed E-state index contributed by atoms with van der Waals surface area (Å²) in [4.78, 5) is 49.0. The van der Waals surface area contributed by atoms with Crippen molar-refractivity contribution in [1.29, 1.82) is 0 Å². The molecule has 0 spiro atoms. The number of hydrogen-bond acceptors (Lipinski definition) is 6. The van der Waals surface area contributed by atoms with E-state index in [1.54, 1.807) is 30.6 Å². The standard InChI is InChI=1S/C33H41N5O4/c1-23-14-15-24-10-6-7-11-25(24)26(23)20-38-29-13-9-8-12-28(29)37(30(39)22-36-18-16-35(5)17-19-36)21-27(31(38)40)34-32(41)42-33(2,3)4/h6-15,27H,16-22H2,1-5H3,(H,34,41). The molecule has 42 heavy (non-hydrogen) atoms. The topological polar surface area (TPSA) is 85.4 Å². The molecule has 5 rings (SSSR count). The minimum Gasteiger partial charge on any atom is -0.444 e. The summed E-state index contributed by atoms with van der Waals surface area (Å²) in [6.07, 6.45) is -0.695. The van der Waals surface area contributed by atoms with Gasteiger partial charge in [0.15, 0.2) is 0 Å². The third-order valence-corrected chi connectivity index (χ3v) is 7.93. The molecule has 0 saturated carbocycles. The van der Waals surface area contributed by atoms with E-state index in [4.69, 9.17) is 4.74 Å². The van der Waals surface area contributed by atoms with E-state index >= 15 is 0 Å². The van der Waals surface area contributed by atoms with Crippen molar-refractivity contribution in [3.05, 3.63) is 71.8 Å². The van der Waals surface area contributed by atoms with Gasteiger partial charge in [0, 0.05) is 26.2 Å². The highest BCUT2D eigenvalue weighted by Gasteiger charge is 2.38. The lowest BCUT2D eigenvalue weighted by Gasteiger charge is -2.34. The number of rotatable bonds is 5. The van der Waals surface area contributed by atoms with E-state index < -0.39 is 17.7 Å². The molecule has 0 radical (unpaired) electrons. The van der Waals surface area contributed by atoms with E-state index in [0.717, 1.165) is 48.1 Å². The fourth-order valence-electron chi connectivity index (χ4n) is 5.64. The van der Waals surface area contributed by atoms with Crippen LogP contribution in [0.1, 0.15) is 31.9 Å². The highest BCUT2D eigenvalue weighted by atomic mass is 16.6. The summed E-state index contributed by atoms with van der Waals surface area (Å²) in [5.74, 6) is -0.408. The van der Waals surface area contributed by atoms with Gasteiger partial charge < -0.3 is 24.8 Å². The van der Waals surface area contributed by atoms with Gasteiger partial charge in [-0.1, -0.05) is 48.5 Å². The summed E-state index contributed by atoms with van der Waals surface area (Å²) in [6.45, 7) is 11.3. The Morgan fingerprint density at radius 1 is 0.929 bits per heavy atom. The SMILES string of the molecule is Cc1ccc2ccccc2c1CN1C(=O)C(NC(=O)OC(C)(C)C)CN(C(=O)CN2CCN(C)CC2)c2ccccc21. The van der Waals surface area contributed by atoms with Crippen molar-refractivity contribution in [2.24, 2.45) is 0 Å². The van der Waals surface area contributed by atoms with Gasteiger partial charge in [-0.3, -0.25) is 14.5 Å². The van der Waals surface area contributed by atoms with Gasteiger partial charge in [-0.05, 0) is 68.8 Å². The Balaban J connectivity index is 1.54. The van der Waals surface area contributed by atoms with Crippen LogP contribution in [0.2, 0.25) is 0 Å². The molecule has 0 aromatic heterocycles. The second kappa shape index (κ2) is 12.1. The van der Waals surface area contributed by atoms with Gasteiger partial charge in [-0.2, -0.15) is 0 Å². The Bertz CT molecular complexity index is 1470. The summed E-state index contributed by atoms with van der Waals surface area (Å²) in [7, 11) is 2.08. The zero-order valence-corrected chi connectivity index (χ0v) is 25.2. The van der Waals surface area contributed by atoms with Crippen molar-refractivity contribution in [3.8, 4) is 0 Å². The monoisotopic (exact) mass is 571 g/mol. The fraction of sp³-hybridized carbons (Fsp3) is 0.424. The van der Waals surface area contributed by atoms with E-state index in [-0.39, 0.29) is 31.4 Å². The zero-order valence-electron chi connectivity index (χ0n) is 25.2. The van der Waals surface area contributed by atoms with Gasteiger partial charge in [0.25, 0.3) is 5.91 Å². The molecular weight excluding hydrogens is 530 g/mol. The Morgan fingerprint density at radius 3 is 2.31 bits per heavy atom. The first kappa shape index (κ1) is 29.5. The maximum absolute atomic E-state index is 14.4. The van der Waals surface area contributed by atoms with Crippen LogP contribution in [-0.2, 0) is 20.9 Å². The molecule has 1 unspecified atom stereocenters. The number of piperazine rings is 1. The molecule has 2 aliphatic heterocycles. The number of likely N-dealkylation sites (N-methyl/N-ethyl adjacent to an activating group) is 1. The second-order valence-electron chi connectivity index (χ2n) is 12.3. The van der Waals surface area contributed by atoms with Crippen molar-refractivity contribution in [2.75, 3.05) is 56.1 Å². The lowest BCUT2D eigenvalue weighted by Crippen LogP contribution is -2.55. The first-order valence-electron chi connectivity index (χ1n) is 14.6. The minimum absolute atomic E-state index is 0.00663. The van der Waals surface area contributed by atoms with Crippen LogP contribution in [0.5, 0.6) is 0 Å². The number of anilines is 2. The Morgan fingerprint density at radius 2 is 1.60 bits per heavy atom. The second-order valence-corrected chi connectivity index (χ2v) is 12.3. The smallest absolute Gasteiger partial charge is 0.408 e. The molecule has 2 aliphatic rings. The minimum atomic E-state index is -1.00. The van der Waals surface area contributed by atoms with Gasteiger partial charge in [0.05, 0.1) is 31.0 Å². The van der Waals surface area contributed by atoms with Gasteiger partial charge in [0.1, 0.15) is 11.6 Å². The molecule has 0 aliphatic carbocycles. The highest BCUT2D eigenvalue weighted by molar-refractivity contribution is 6.08. The van der Waals surface area contributed by atoms with E-state index in [0.29, 0.717) is 11.4 Å². The first-order chi connectivity index (χ1) is 20.0. The van der Waals surface area contributed by atoms with Crippen molar-refractivity contribution in [2.45, 2.75) is 45.9 Å². The lowest BCUT2D eigenvalue weighted by atomic mass is 9.99. The molecule has 1 N–H and O–H groups in total. The van der Waals surface area contributed by atoms with Crippen molar-refractivity contribution >= 4 is 40.1 Å². The van der Waals surface area contributed by atoms with Gasteiger partial charge >= 0.3 is 6.09 Å². The van der Waals surface area contributed by atoms with Crippen LogP contribution in [0.15, 0.2) is 60.7 Å². The molecule has 1 saturated heterocycles. The molecule has 1 fully saturated rings. The fourth-order valence-corrected chi connectivity index (χ4v) is 5.64. The molecule has 222 valence electrons. The number of alkyl carbamates (subject to hydrolysis) is 1. The number of amides is 3. The van der Waals surface area contributed by atoms with Crippen molar-refractivity contribution < 1.29 is 19.1 Å². The Hall–Kier alpha value is -3.95. The highest BCUT2D eigenvalue weighted by Crippen LogP contribution is 2.35. The van der Waals surface area contributed by atoms with E-state index in [2.05, 4.69) is 46.4 Å². The predicted octanol–water partition coefficient (Wildman–Crippen LogP) is 4.17. The molecule has 1 atom stereocenters. The largest absolute Gasteiger partial charge is 0.444 e. The van der Waals surface area contributed by atoms with E-state index in [9.17, 15) is 14.4 Å². The van der Waals surface area contributed by atoms with Crippen LogP contribution < -0.4 is 15.1 Å². The molecule has 0 bridgehead atoms. The molecular formula is C33H41N5O4. The molecule has 3 amide bonds. The number of carbonyl (C=O) groups is 3. The molecule has 2 heterocycles. The Kier molecular flexibility index (Phi) is 8.52. The van der Waals surface area contributed by atoms with Crippen LogP contribution in [0.3, 0.4) is 0 Å². The molecule has 3 aromatic carbocycles. The molecule has 9 heteroatoms. The summed E-state index contributed by atoms with van der Waals surface area (Å²) in [5.41, 5.74) is 2.62. The van der Waals surface area contributed by atoms with E-state index in [1.807, 2.05) is 43.3 Å². The van der Waals surface area contributed by atoms with Crippen molar-refractivity contribution in [3.63, 3.8) is 0 Å². The van der Waals surface area contributed by atoms with Crippen LogP contribution in [0.25, 0.3) is 10.8 Å². The maximum atomic E-state index is 14.4. The van der Waals surface area contributed by atoms with Gasteiger partial charge in [-0.25, -0.2) is 4.79 Å². The number of para-hydroxylation sites is 2. The lowest BCUT2D eigenvalue weighted by molar-refractivity contribution is -0.121. The summed E-state index contributed by atoms with van der Waals surface area (Å²) in [6, 6.07) is 18.8. The number of aryl methyl sites for hydroxylation is 1. The zero-order chi connectivity index (χ0) is 30.0. The number of nitrogens with one attached hydrogen (secondary N) is 1. The average Bonchev–Trinajstić information content (AvgIpc) is 3.05. The summed E-state index contributed by atoms with van der Waals surface area (Å²) >= 11 is 0. The number of fused-ring (bicyclic) bond motifs is 2. The normalized spacial score (nSPS) is 18.5. The van der Waals surface area contributed by atoms with Crippen LogP contribution in [0.4, 0.5) is 16.2 Å². The van der Waals surface area contributed by atoms with Crippen molar-refractivity contribution in [1.82, 2.24) is 15.1 Å². The first-order valence-corrected chi connectivity index (χ1v) is 14.6. The molecule has 9 nitrogen and oxygen atoms in total.